The number of ether oxygens (including phenoxy) is 1. The largest absolute Gasteiger partial charge is 0.456 e. The number of hydrogen-bond donors (Lipinski definition) is 2. The molecule has 0 bridgehead atoms. The lowest BCUT2D eigenvalue weighted by molar-refractivity contribution is 0.0786. The number of aliphatic hydroxyl groups is 1. The number of carbonyl (C=O) groups excluding carboxylic acids is 1. The van der Waals surface area contributed by atoms with Crippen molar-refractivity contribution < 1.29 is 14.6 Å². The number of nitrogens with one attached hydrogen (secondary N) is 1. The van der Waals surface area contributed by atoms with E-state index in [1.807, 2.05) is 32.0 Å². The summed E-state index contributed by atoms with van der Waals surface area (Å²) in [6, 6.07) is 11.5. The number of hydrogen-bond acceptors (Lipinski definition) is 5. The van der Waals surface area contributed by atoms with Crippen LogP contribution in [0.3, 0.4) is 0 Å². The van der Waals surface area contributed by atoms with Crippen LogP contribution in [0, 0.1) is 20.8 Å². The maximum atomic E-state index is 12.9. The Morgan fingerprint density at radius 3 is 2.31 bits per heavy atom. The first-order chi connectivity index (χ1) is 16.4. The maximum Gasteiger partial charge on any atom is 0.268 e. The second kappa shape index (κ2) is 8.98. The first-order valence-electron chi connectivity index (χ1n) is 11.4. The molecule has 0 aliphatic heterocycles. The van der Waals surface area contributed by atoms with Gasteiger partial charge >= 0.3 is 0 Å². The average Bonchev–Trinajstić information content (AvgIpc) is 3.23. The number of aromatic nitrogens is 1. The fourth-order valence-corrected chi connectivity index (χ4v) is 5.43. The number of carbonyl (C=O) groups is 1. The van der Waals surface area contributed by atoms with E-state index in [9.17, 15) is 14.7 Å². The number of fused-ring (bicyclic) bond motifs is 1. The van der Waals surface area contributed by atoms with Crippen LogP contribution in [0.1, 0.15) is 45.8 Å². The first kappa shape index (κ1) is 24.7. The van der Waals surface area contributed by atoms with Gasteiger partial charge in [-0.25, -0.2) is 0 Å². The average molecular weight is 491 g/mol. The molecule has 2 aromatic carbocycles. The second-order valence-electron chi connectivity index (χ2n) is 9.49. The smallest absolute Gasteiger partial charge is 0.268 e. The minimum absolute atomic E-state index is 0.171. The van der Waals surface area contributed by atoms with E-state index in [0.717, 1.165) is 33.6 Å². The summed E-state index contributed by atoms with van der Waals surface area (Å²) < 4.78 is 8.51. The zero-order chi connectivity index (χ0) is 25.7. The third kappa shape index (κ3) is 4.61. The molecule has 35 heavy (non-hydrogen) atoms. The molecule has 0 fully saturated rings. The lowest BCUT2D eigenvalue weighted by atomic mass is 9.93. The molecule has 6 nitrogen and oxygen atoms in total. The molecule has 1 amide bonds. The van der Waals surface area contributed by atoms with Crippen molar-refractivity contribution in [2.24, 2.45) is 7.05 Å². The van der Waals surface area contributed by atoms with Gasteiger partial charge < -0.3 is 19.7 Å². The van der Waals surface area contributed by atoms with Crippen molar-refractivity contribution in [3.8, 4) is 22.6 Å². The highest BCUT2D eigenvalue weighted by atomic mass is 32.1. The predicted octanol–water partition coefficient (Wildman–Crippen LogP) is 5.57. The highest BCUT2D eigenvalue weighted by Crippen LogP contribution is 2.42. The Morgan fingerprint density at radius 1 is 1.06 bits per heavy atom. The van der Waals surface area contributed by atoms with Crippen molar-refractivity contribution in [3.63, 3.8) is 0 Å². The van der Waals surface area contributed by atoms with Gasteiger partial charge in [-0.05, 0) is 69.5 Å². The Bertz CT molecular complexity index is 1500. The van der Waals surface area contributed by atoms with Gasteiger partial charge in [0.25, 0.3) is 11.5 Å². The normalized spacial score (nSPS) is 11.7. The number of thiophene rings is 1. The van der Waals surface area contributed by atoms with E-state index in [-0.39, 0.29) is 11.5 Å². The van der Waals surface area contributed by atoms with E-state index >= 15 is 0 Å². The zero-order valence-electron chi connectivity index (χ0n) is 21.1. The van der Waals surface area contributed by atoms with Gasteiger partial charge in [-0.3, -0.25) is 9.59 Å². The van der Waals surface area contributed by atoms with E-state index < -0.39 is 5.60 Å². The Morgan fingerprint density at radius 2 is 1.71 bits per heavy atom. The molecule has 0 unspecified atom stereocenters. The molecule has 7 heteroatoms. The number of nitrogens with zero attached hydrogens (tertiary/aromatic N) is 1. The molecule has 2 N–H and O–H groups in total. The molecule has 0 saturated heterocycles. The quantitative estimate of drug-likeness (QED) is 0.383. The number of pyridine rings is 1. The van der Waals surface area contributed by atoms with Crippen LogP contribution in [0.4, 0.5) is 0 Å². The van der Waals surface area contributed by atoms with Crippen molar-refractivity contribution in [2.75, 3.05) is 7.05 Å². The summed E-state index contributed by atoms with van der Waals surface area (Å²) in [6.07, 6.45) is 1.76. The number of rotatable bonds is 5. The molecule has 182 valence electrons. The zero-order valence-corrected chi connectivity index (χ0v) is 21.9. The summed E-state index contributed by atoms with van der Waals surface area (Å²) in [4.78, 5) is 25.7. The summed E-state index contributed by atoms with van der Waals surface area (Å²) in [5.74, 6) is 1.12. The van der Waals surface area contributed by atoms with E-state index in [0.29, 0.717) is 26.3 Å². The SMILES string of the molecule is CNC(=O)c1cc2c(-c3cc(C(C)(C)O)ccc3Oc3c(C)cc(C)cc3C)cn(C)c(=O)c2s1. The van der Waals surface area contributed by atoms with Crippen molar-refractivity contribution in [2.45, 2.75) is 40.2 Å². The molecule has 0 atom stereocenters. The Kier molecular flexibility index (Phi) is 6.34. The summed E-state index contributed by atoms with van der Waals surface area (Å²) in [5, 5.41) is 14.0. The minimum atomic E-state index is -1.08. The molecular formula is C28H30N2O4S. The topological polar surface area (TPSA) is 80.6 Å². The van der Waals surface area contributed by atoms with E-state index in [4.69, 9.17) is 4.74 Å². The fraction of sp³-hybridized carbons (Fsp3) is 0.286. The van der Waals surface area contributed by atoms with Gasteiger partial charge in [0.1, 0.15) is 16.2 Å². The number of amides is 1. The van der Waals surface area contributed by atoms with Crippen molar-refractivity contribution >= 4 is 27.3 Å². The van der Waals surface area contributed by atoms with Gasteiger partial charge in [-0.2, -0.15) is 0 Å². The summed E-state index contributed by atoms with van der Waals surface area (Å²) in [5.41, 5.74) is 4.12. The van der Waals surface area contributed by atoms with Gasteiger partial charge in [0.15, 0.2) is 0 Å². The second-order valence-corrected chi connectivity index (χ2v) is 10.5. The van der Waals surface area contributed by atoms with E-state index in [1.54, 1.807) is 40.2 Å². The predicted molar refractivity (Wildman–Crippen MR) is 142 cm³/mol. The number of benzene rings is 2. The van der Waals surface area contributed by atoms with Gasteiger partial charge in [0, 0.05) is 36.8 Å². The monoisotopic (exact) mass is 490 g/mol. The van der Waals surface area contributed by atoms with Crippen LogP contribution in [-0.2, 0) is 12.6 Å². The fourth-order valence-electron chi connectivity index (χ4n) is 4.33. The molecule has 4 aromatic rings. The highest BCUT2D eigenvalue weighted by Gasteiger charge is 2.23. The molecule has 0 spiro atoms. The molecule has 2 aromatic heterocycles. The summed E-state index contributed by atoms with van der Waals surface area (Å²) in [6.45, 7) is 9.53. The molecule has 0 saturated carbocycles. The maximum absolute atomic E-state index is 12.9. The van der Waals surface area contributed by atoms with Crippen molar-refractivity contribution in [1.82, 2.24) is 9.88 Å². The molecule has 2 heterocycles. The summed E-state index contributed by atoms with van der Waals surface area (Å²) >= 11 is 1.17. The lowest BCUT2D eigenvalue weighted by Crippen LogP contribution is -2.17. The minimum Gasteiger partial charge on any atom is -0.456 e. The van der Waals surface area contributed by atoms with E-state index in [1.165, 1.54) is 15.9 Å². The van der Waals surface area contributed by atoms with Crippen LogP contribution >= 0.6 is 11.3 Å². The molecule has 4 rings (SSSR count). The third-order valence-electron chi connectivity index (χ3n) is 6.10. The lowest BCUT2D eigenvalue weighted by Gasteiger charge is -2.22. The summed E-state index contributed by atoms with van der Waals surface area (Å²) in [7, 11) is 3.26. The molecule has 0 aliphatic rings. The van der Waals surface area contributed by atoms with Crippen molar-refractivity contribution in [1.29, 1.82) is 0 Å². The van der Waals surface area contributed by atoms with Gasteiger partial charge in [-0.15, -0.1) is 11.3 Å². The van der Waals surface area contributed by atoms with Gasteiger partial charge in [0.2, 0.25) is 0 Å². The first-order valence-corrected chi connectivity index (χ1v) is 12.2. The van der Waals surface area contributed by atoms with E-state index in [2.05, 4.69) is 24.4 Å². The van der Waals surface area contributed by atoms with Crippen LogP contribution in [0.5, 0.6) is 11.5 Å². The molecular weight excluding hydrogens is 460 g/mol. The van der Waals surface area contributed by atoms with Gasteiger partial charge in [0.05, 0.1) is 10.5 Å². The van der Waals surface area contributed by atoms with Crippen LogP contribution < -0.4 is 15.6 Å². The van der Waals surface area contributed by atoms with Gasteiger partial charge in [-0.1, -0.05) is 23.8 Å². The van der Waals surface area contributed by atoms with Crippen LogP contribution in [0.15, 0.2) is 47.4 Å². The molecule has 0 radical (unpaired) electrons. The van der Waals surface area contributed by atoms with Crippen LogP contribution in [0.2, 0.25) is 0 Å². The Balaban J connectivity index is 2.02. The van der Waals surface area contributed by atoms with Crippen molar-refractivity contribution in [3.05, 3.63) is 80.1 Å². The molecule has 0 aliphatic carbocycles. The Labute approximate surface area is 208 Å². The van der Waals surface area contributed by atoms with Crippen LogP contribution in [0.25, 0.3) is 21.2 Å². The number of aryl methyl sites for hydroxylation is 4. The Hall–Kier alpha value is -3.42. The highest BCUT2D eigenvalue weighted by molar-refractivity contribution is 7.20. The van der Waals surface area contributed by atoms with Crippen LogP contribution in [-0.4, -0.2) is 22.6 Å². The third-order valence-corrected chi connectivity index (χ3v) is 7.23. The standard InChI is InChI=1S/C28H30N2O4S/c1-15-10-16(2)24(17(3)11-15)34-22-9-8-18(28(4,5)33)12-19(22)21-14-30(7)27(32)25-20(21)13-23(35-25)26(31)29-6/h8-14,33H,1-7H3,(H,29,31).